The van der Waals surface area contributed by atoms with Gasteiger partial charge in [0, 0.05) is 33.9 Å². The number of methoxy groups -OCH3 is 1. The highest BCUT2D eigenvalue weighted by Gasteiger charge is 2.11. The molecule has 4 nitrogen and oxygen atoms in total. The Labute approximate surface area is 168 Å². The first kappa shape index (κ1) is 19.2. The molecule has 0 N–H and O–H groups in total. The number of benzene rings is 2. The molecule has 0 saturated carbocycles. The van der Waals surface area contributed by atoms with Crippen LogP contribution in [-0.4, -0.2) is 23.9 Å². The van der Waals surface area contributed by atoms with Crippen LogP contribution < -0.4 is 0 Å². The number of ether oxygens (including phenoxy) is 1. The van der Waals surface area contributed by atoms with Crippen molar-refractivity contribution >= 4 is 41.1 Å². The summed E-state index contributed by atoms with van der Waals surface area (Å²) in [5.74, 6) is -0.428. The van der Waals surface area contributed by atoms with Crippen molar-refractivity contribution in [3.05, 3.63) is 81.1 Å². The maximum Gasteiger partial charge on any atom is 0.337 e. The summed E-state index contributed by atoms with van der Waals surface area (Å²) < 4.78 is 6.85. The zero-order valence-electron chi connectivity index (χ0n) is 15.2. The molecule has 1 aromatic heterocycles. The van der Waals surface area contributed by atoms with E-state index < -0.39 is 5.97 Å². The number of aliphatic imine (C=N–C) groups is 1. The molecule has 0 saturated heterocycles. The van der Waals surface area contributed by atoms with Gasteiger partial charge in [0.2, 0.25) is 0 Å². The van der Waals surface area contributed by atoms with Crippen LogP contribution in [0, 0.1) is 13.8 Å². The summed E-state index contributed by atoms with van der Waals surface area (Å²) in [4.78, 5) is 16.2. The molecule has 3 aromatic rings. The smallest absolute Gasteiger partial charge is 0.337 e. The van der Waals surface area contributed by atoms with Crippen LogP contribution in [0.2, 0.25) is 10.0 Å². The second-order valence-electron chi connectivity index (χ2n) is 6.06. The fourth-order valence-electron chi connectivity index (χ4n) is 2.93. The van der Waals surface area contributed by atoms with Crippen molar-refractivity contribution in [2.24, 2.45) is 4.99 Å². The summed E-state index contributed by atoms with van der Waals surface area (Å²) in [6.45, 7) is 4.04. The maximum atomic E-state index is 11.7. The van der Waals surface area contributed by atoms with E-state index in [2.05, 4.69) is 9.56 Å². The molecule has 0 aliphatic heterocycles. The molecule has 0 aliphatic carbocycles. The summed E-state index contributed by atoms with van der Waals surface area (Å²) in [7, 11) is 1.34. The lowest BCUT2D eigenvalue weighted by Gasteiger charge is -2.09. The van der Waals surface area contributed by atoms with Crippen LogP contribution in [0.4, 0.5) is 5.69 Å². The van der Waals surface area contributed by atoms with Crippen LogP contribution in [0.25, 0.3) is 5.69 Å². The third kappa shape index (κ3) is 4.07. The number of hydrogen-bond donors (Lipinski definition) is 0. The third-order valence-corrected chi connectivity index (χ3v) is 4.80. The van der Waals surface area contributed by atoms with Crippen molar-refractivity contribution < 1.29 is 9.53 Å². The van der Waals surface area contributed by atoms with E-state index in [9.17, 15) is 4.79 Å². The minimum Gasteiger partial charge on any atom is -0.465 e. The number of halogens is 2. The van der Waals surface area contributed by atoms with Gasteiger partial charge in [0.1, 0.15) is 0 Å². The van der Waals surface area contributed by atoms with Gasteiger partial charge < -0.3 is 9.30 Å². The number of rotatable bonds is 4. The SMILES string of the molecule is COC(=O)c1ccc(Cl)c(N=Cc2cc(C)n(-c3cccc(Cl)c3)c2C)c1. The number of aromatic nitrogens is 1. The number of hydrogen-bond acceptors (Lipinski definition) is 3. The number of carbonyl (C=O) groups excluding carboxylic acids is 1. The van der Waals surface area contributed by atoms with Crippen molar-refractivity contribution in [2.75, 3.05) is 7.11 Å². The van der Waals surface area contributed by atoms with E-state index in [0.717, 1.165) is 22.6 Å². The highest BCUT2D eigenvalue weighted by Crippen LogP contribution is 2.27. The van der Waals surface area contributed by atoms with Gasteiger partial charge in [-0.25, -0.2) is 4.79 Å². The Bertz CT molecular complexity index is 1040. The van der Waals surface area contributed by atoms with Gasteiger partial charge in [-0.05, 0) is 56.3 Å². The summed E-state index contributed by atoms with van der Waals surface area (Å²) in [5, 5.41) is 1.14. The first-order chi connectivity index (χ1) is 12.9. The Hall–Kier alpha value is -2.56. The molecule has 0 spiro atoms. The molecule has 0 fully saturated rings. The maximum absolute atomic E-state index is 11.7. The average molecular weight is 401 g/mol. The van der Waals surface area contributed by atoms with E-state index in [1.165, 1.54) is 7.11 Å². The Morgan fingerprint density at radius 1 is 1.11 bits per heavy atom. The summed E-state index contributed by atoms with van der Waals surface area (Å²) in [6.07, 6.45) is 1.74. The second kappa shape index (κ2) is 7.99. The van der Waals surface area contributed by atoms with Gasteiger partial charge >= 0.3 is 5.97 Å². The number of nitrogens with zero attached hydrogens (tertiary/aromatic N) is 2. The van der Waals surface area contributed by atoms with Crippen LogP contribution in [0.1, 0.15) is 27.3 Å². The van der Waals surface area contributed by atoms with Crippen LogP contribution in [0.3, 0.4) is 0 Å². The van der Waals surface area contributed by atoms with E-state index in [1.807, 2.05) is 44.2 Å². The lowest BCUT2D eigenvalue weighted by Crippen LogP contribution is -2.00. The number of carbonyl (C=O) groups is 1. The Morgan fingerprint density at radius 3 is 2.59 bits per heavy atom. The highest BCUT2D eigenvalue weighted by atomic mass is 35.5. The molecule has 1 heterocycles. The van der Waals surface area contributed by atoms with Gasteiger partial charge in [-0.1, -0.05) is 29.3 Å². The van der Waals surface area contributed by atoms with E-state index in [4.69, 9.17) is 27.9 Å². The van der Waals surface area contributed by atoms with Crippen molar-refractivity contribution in [3.63, 3.8) is 0 Å². The zero-order valence-corrected chi connectivity index (χ0v) is 16.7. The Kier molecular flexibility index (Phi) is 5.68. The lowest BCUT2D eigenvalue weighted by atomic mass is 10.2. The van der Waals surface area contributed by atoms with E-state index >= 15 is 0 Å². The molecule has 0 amide bonds. The largest absolute Gasteiger partial charge is 0.465 e. The van der Waals surface area contributed by atoms with Crippen molar-refractivity contribution in [1.29, 1.82) is 0 Å². The quantitative estimate of drug-likeness (QED) is 0.401. The van der Waals surface area contributed by atoms with Crippen LogP contribution >= 0.6 is 23.2 Å². The number of esters is 1. The third-order valence-electron chi connectivity index (χ3n) is 4.25. The van der Waals surface area contributed by atoms with Crippen molar-refractivity contribution in [3.8, 4) is 5.69 Å². The topological polar surface area (TPSA) is 43.6 Å². The van der Waals surface area contributed by atoms with E-state index in [-0.39, 0.29) is 0 Å². The molecule has 0 unspecified atom stereocenters. The molecule has 3 rings (SSSR count). The van der Waals surface area contributed by atoms with Crippen LogP contribution in [0.15, 0.2) is 53.5 Å². The minimum atomic E-state index is -0.428. The van der Waals surface area contributed by atoms with Crippen molar-refractivity contribution in [1.82, 2.24) is 4.57 Å². The molecule has 2 aromatic carbocycles. The molecular formula is C21H18Cl2N2O2. The van der Waals surface area contributed by atoms with Gasteiger partial charge in [-0.15, -0.1) is 0 Å². The predicted octanol–water partition coefficient (Wildman–Crippen LogP) is 5.94. The zero-order chi connectivity index (χ0) is 19.6. The predicted molar refractivity (Wildman–Crippen MR) is 110 cm³/mol. The van der Waals surface area contributed by atoms with Gasteiger partial charge in [0.25, 0.3) is 0 Å². The molecule has 6 heteroatoms. The summed E-state index contributed by atoms with van der Waals surface area (Å²) >= 11 is 12.3. The van der Waals surface area contributed by atoms with E-state index in [0.29, 0.717) is 21.3 Å². The van der Waals surface area contributed by atoms with Crippen LogP contribution in [0.5, 0.6) is 0 Å². The van der Waals surface area contributed by atoms with Gasteiger partial charge in [0.15, 0.2) is 0 Å². The van der Waals surface area contributed by atoms with E-state index in [1.54, 1.807) is 24.4 Å². The normalized spacial score (nSPS) is 11.1. The molecule has 0 radical (unpaired) electrons. The highest BCUT2D eigenvalue weighted by molar-refractivity contribution is 6.33. The summed E-state index contributed by atoms with van der Waals surface area (Å²) in [6, 6.07) is 14.6. The molecule has 0 aliphatic rings. The monoisotopic (exact) mass is 400 g/mol. The van der Waals surface area contributed by atoms with Gasteiger partial charge in [-0.3, -0.25) is 4.99 Å². The Morgan fingerprint density at radius 2 is 1.89 bits per heavy atom. The first-order valence-corrected chi connectivity index (χ1v) is 9.03. The van der Waals surface area contributed by atoms with Gasteiger partial charge in [0.05, 0.1) is 23.4 Å². The fourth-order valence-corrected chi connectivity index (χ4v) is 3.28. The lowest BCUT2D eigenvalue weighted by molar-refractivity contribution is 0.0601. The van der Waals surface area contributed by atoms with Crippen molar-refractivity contribution in [2.45, 2.75) is 13.8 Å². The summed E-state index contributed by atoms with van der Waals surface area (Å²) in [5.41, 5.74) is 4.94. The molecular weight excluding hydrogens is 383 g/mol. The Balaban J connectivity index is 1.98. The van der Waals surface area contributed by atoms with Crippen LogP contribution in [-0.2, 0) is 4.74 Å². The molecule has 0 atom stereocenters. The first-order valence-electron chi connectivity index (χ1n) is 8.27. The molecule has 138 valence electrons. The molecule has 0 bridgehead atoms. The molecule has 27 heavy (non-hydrogen) atoms. The number of aryl methyl sites for hydroxylation is 1. The second-order valence-corrected chi connectivity index (χ2v) is 6.90. The average Bonchev–Trinajstić information content (AvgIpc) is 2.93. The fraction of sp³-hybridized carbons (Fsp3) is 0.143. The standard InChI is InChI=1S/C21H18Cl2N2O2/c1-13-9-16(14(2)25(13)18-6-4-5-17(22)11-18)12-24-20-10-15(21(26)27-3)7-8-19(20)23/h4-12H,1-3H3. The van der Waals surface area contributed by atoms with Gasteiger partial charge in [-0.2, -0.15) is 0 Å². The minimum absolute atomic E-state index is 0.401.